The van der Waals surface area contributed by atoms with Gasteiger partial charge in [0, 0.05) is 0 Å². The summed E-state index contributed by atoms with van der Waals surface area (Å²) in [5.74, 6) is -2.31. The molecule has 0 fully saturated rings. The van der Waals surface area contributed by atoms with Crippen molar-refractivity contribution in [3.05, 3.63) is 30.7 Å². The normalized spacial score (nSPS) is 8.33. The van der Waals surface area contributed by atoms with E-state index in [0.717, 1.165) is 0 Å². The first-order chi connectivity index (χ1) is 4.55. The summed E-state index contributed by atoms with van der Waals surface area (Å²) >= 11 is 0. The zero-order valence-corrected chi connectivity index (χ0v) is 10.6. The minimum atomic E-state index is -1.39. The average molecular weight is 190 g/mol. The predicted octanol–water partition coefficient (Wildman–Crippen LogP) is -7.71. The Morgan fingerprint density at radius 2 is 1.00 bits per heavy atom. The molecule has 0 atom stereocenters. The molecular weight excluding hydrogens is 186 g/mol. The second-order valence-electron chi connectivity index (χ2n) is 1.68. The molecule has 0 aliphatic rings. The molecule has 0 radical (unpaired) electrons. The van der Waals surface area contributed by atoms with E-state index >= 15 is 0 Å². The zero-order chi connectivity index (χ0) is 7.89. The number of hydrogen-bond acceptors (Lipinski definition) is 5. The van der Waals surface area contributed by atoms with Gasteiger partial charge in [-0.3, -0.25) is 14.4 Å². The third-order valence-electron chi connectivity index (χ3n) is 1.07. The van der Waals surface area contributed by atoms with Crippen molar-refractivity contribution < 1.29 is 72.2 Å². The van der Waals surface area contributed by atoms with E-state index in [1.54, 1.807) is 0 Å². The van der Waals surface area contributed by atoms with Crippen molar-refractivity contribution in [1.82, 2.24) is 0 Å². The molecule has 0 saturated carbocycles. The largest absolute Gasteiger partial charge is 1.00 e. The first-order valence-corrected chi connectivity index (χ1v) is 2.31. The molecule has 0 aliphatic carbocycles. The second-order valence-corrected chi connectivity index (χ2v) is 1.68. The fraction of sp³-hybridized carbons (Fsp3) is 0. The Labute approximate surface area is 113 Å². The van der Waals surface area contributed by atoms with Crippen LogP contribution in [0.2, 0.25) is 0 Å². The molecule has 5 nitrogen and oxygen atoms in total. The smallest absolute Gasteiger partial charge is 1.00 e. The second kappa shape index (κ2) is 5.16. The Bertz CT molecular complexity index is 374. The third kappa shape index (κ3) is 2.18. The molecular formula is C5H4Na2O5. The first kappa shape index (κ1) is 14.9. The van der Waals surface area contributed by atoms with Crippen LogP contribution in [0.25, 0.3) is 0 Å². The Morgan fingerprint density at radius 3 is 1.08 bits per heavy atom. The molecule has 7 heteroatoms. The minimum absolute atomic E-state index is 0. The van der Waals surface area contributed by atoms with E-state index in [2.05, 4.69) is 0 Å². The molecule has 0 saturated heterocycles. The summed E-state index contributed by atoms with van der Waals surface area (Å²) < 4.78 is 0. The van der Waals surface area contributed by atoms with Gasteiger partial charge in [-0.25, -0.2) is 0 Å². The van der Waals surface area contributed by atoms with E-state index in [-0.39, 0.29) is 62.0 Å². The monoisotopic (exact) mass is 190 g/mol. The number of hydrogen-bond donors (Lipinski definition) is 2. The van der Waals surface area contributed by atoms with Gasteiger partial charge in [0.05, 0.1) is 0 Å². The maximum Gasteiger partial charge on any atom is 1.00 e. The Hall–Kier alpha value is 0.350. The predicted molar refractivity (Wildman–Crippen MR) is 33.2 cm³/mol. The molecule has 0 spiro atoms. The van der Waals surface area contributed by atoms with Crippen molar-refractivity contribution in [2.45, 2.75) is 0 Å². The summed E-state index contributed by atoms with van der Waals surface area (Å²) in [5.41, 5.74) is -4.08. The topological polar surface area (TPSA) is 91.7 Å². The van der Waals surface area contributed by atoms with Crippen molar-refractivity contribution in [3.63, 3.8) is 0 Å². The molecule has 0 aromatic heterocycles. The van der Waals surface area contributed by atoms with E-state index in [0.29, 0.717) is 0 Å². The minimum Gasteiger partial charge on any atom is -1.00 e. The van der Waals surface area contributed by atoms with Gasteiger partial charge in [-0.2, -0.15) is 0 Å². The standard InChI is InChI=1S/C5H2O5.2Na.2H/c6-1-2(7)4(9)5(10)3(1)8;;;;/h6-7H;;;;/q;2*+1;2*-1. The van der Waals surface area contributed by atoms with E-state index in [1.165, 1.54) is 0 Å². The molecule has 2 N–H and O–H groups in total. The van der Waals surface area contributed by atoms with Gasteiger partial charge in [0.15, 0.2) is 0 Å². The molecule has 56 valence electrons. The average Bonchev–Trinajstić information content (AvgIpc) is 2.07. The summed E-state index contributed by atoms with van der Waals surface area (Å²) in [6.45, 7) is 0. The van der Waals surface area contributed by atoms with E-state index in [1.807, 2.05) is 0 Å². The van der Waals surface area contributed by atoms with Gasteiger partial charge in [0.2, 0.25) is 11.5 Å². The Balaban J connectivity index is -0.000000125. The SMILES string of the molecule is O=c1c(O)c(O)c(=O)c1=O.[H-].[H-].[Na+].[Na+]. The molecule has 1 rings (SSSR count). The fourth-order valence-corrected chi connectivity index (χ4v) is 0.533. The number of rotatable bonds is 0. The molecule has 1 aromatic carbocycles. The van der Waals surface area contributed by atoms with E-state index in [4.69, 9.17) is 10.2 Å². The van der Waals surface area contributed by atoms with Crippen molar-refractivity contribution in [3.8, 4) is 11.5 Å². The van der Waals surface area contributed by atoms with Crippen LogP contribution in [-0.2, 0) is 0 Å². The van der Waals surface area contributed by atoms with Crippen molar-refractivity contribution in [2.75, 3.05) is 0 Å². The summed E-state index contributed by atoms with van der Waals surface area (Å²) in [6.07, 6.45) is 0. The van der Waals surface area contributed by atoms with Crippen LogP contribution < -0.4 is 75.4 Å². The van der Waals surface area contributed by atoms with E-state index in [9.17, 15) is 14.4 Å². The molecule has 0 bridgehead atoms. The summed E-state index contributed by atoms with van der Waals surface area (Å²) in [7, 11) is 0. The summed E-state index contributed by atoms with van der Waals surface area (Å²) in [6, 6.07) is 0. The molecule has 0 unspecified atom stereocenters. The first-order valence-electron chi connectivity index (χ1n) is 2.31. The third-order valence-corrected chi connectivity index (χ3v) is 1.07. The van der Waals surface area contributed by atoms with Crippen LogP contribution in [-0.4, -0.2) is 10.2 Å². The Kier molecular flexibility index (Phi) is 6.39. The van der Waals surface area contributed by atoms with Crippen LogP contribution in [0.5, 0.6) is 11.5 Å². The Morgan fingerprint density at radius 1 is 0.750 bits per heavy atom. The summed E-state index contributed by atoms with van der Waals surface area (Å²) in [5, 5.41) is 16.9. The van der Waals surface area contributed by atoms with Crippen LogP contribution in [0.4, 0.5) is 0 Å². The maximum atomic E-state index is 10.3. The van der Waals surface area contributed by atoms with Gasteiger partial charge in [-0.05, 0) is 0 Å². The van der Waals surface area contributed by atoms with Crippen LogP contribution in [0, 0.1) is 0 Å². The molecule has 0 aliphatic heterocycles. The van der Waals surface area contributed by atoms with Crippen molar-refractivity contribution >= 4 is 0 Å². The summed E-state index contributed by atoms with van der Waals surface area (Å²) in [4.78, 5) is 30.8. The van der Waals surface area contributed by atoms with Crippen molar-refractivity contribution in [1.29, 1.82) is 0 Å². The number of aromatic hydroxyl groups is 2. The van der Waals surface area contributed by atoms with Gasteiger partial charge in [0.1, 0.15) is 0 Å². The molecule has 1 aromatic rings. The van der Waals surface area contributed by atoms with Gasteiger partial charge in [-0.1, -0.05) is 0 Å². The van der Waals surface area contributed by atoms with Gasteiger partial charge >= 0.3 is 59.1 Å². The molecule has 0 amide bonds. The maximum absolute atomic E-state index is 10.3. The van der Waals surface area contributed by atoms with Crippen LogP contribution in [0.15, 0.2) is 14.4 Å². The quantitative estimate of drug-likeness (QED) is 0.313. The molecule has 12 heavy (non-hydrogen) atoms. The zero-order valence-electron chi connectivity index (χ0n) is 8.62. The van der Waals surface area contributed by atoms with Crippen molar-refractivity contribution in [2.24, 2.45) is 0 Å². The van der Waals surface area contributed by atoms with Crippen LogP contribution >= 0.6 is 0 Å². The fourth-order valence-electron chi connectivity index (χ4n) is 0.533. The van der Waals surface area contributed by atoms with Crippen LogP contribution in [0.3, 0.4) is 0 Å². The van der Waals surface area contributed by atoms with Crippen LogP contribution in [0.1, 0.15) is 2.85 Å². The van der Waals surface area contributed by atoms with Gasteiger partial charge < -0.3 is 13.1 Å². The van der Waals surface area contributed by atoms with Gasteiger partial charge in [-0.15, -0.1) is 0 Å². The van der Waals surface area contributed by atoms with Gasteiger partial charge in [0.25, 0.3) is 16.3 Å². The molecule has 0 heterocycles. The van der Waals surface area contributed by atoms with E-state index < -0.39 is 27.8 Å².